The zero-order valence-electron chi connectivity index (χ0n) is 11.9. The van der Waals surface area contributed by atoms with Crippen molar-refractivity contribution in [1.82, 2.24) is 10.6 Å². The first-order valence-corrected chi connectivity index (χ1v) is 7.55. The molecule has 4 heteroatoms. The van der Waals surface area contributed by atoms with Crippen LogP contribution in [0.15, 0.2) is 30.3 Å². The van der Waals surface area contributed by atoms with Crippen LogP contribution in [0.25, 0.3) is 0 Å². The third-order valence-corrected chi connectivity index (χ3v) is 3.51. The Morgan fingerprint density at radius 2 is 2.10 bits per heavy atom. The van der Waals surface area contributed by atoms with E-state index < -0.39 is 0 Å². The van der Waals surface area contributed by atoms with Crippen molar-refractivity contribution in [2.45, 2.75) is 38.1 Å². The smallest absolute Gasteiger partial charge is 0.237 e. The fourth-order valence-electron chi connectivity index (χ4n) is 2.34. The summed E-state index contributed by atoms with van der Waals surface area (Å²) in [6.07, 6.45) is 5.19. The van der Waals surface area contributed by atoms with Gasteiger partial charge in [0.25, 0.3) is 0 Å². The second kappa shape index (κ2) is 8.59. The first kappa shape index (κ1) is 14.9. The summed E-state index contributed by atoms with van der Waals surface area (Å²) in [6.45, 7) is 2.39. The number of benzene rings is 1. The molecule has 2 N–H and O–H groups in total. The summed E-state index contributed by atoms with van der Waals surface area (Å²) in [7, 11) is 0. The molecule has 1 aromatic rings. The maximum absolute atomic E-state index is 11.8. The lowest BCUT2D eigenvalue weighted by Crippen LogP contribution is -2.46. The van der Waals surface area contributed by atoms with Crippen molar-refractivity contribution in [3.8, 4) is 5.75 Å². The second-order valence-corrected chi connectivity index (χ2v) is 5.16. The van der Waals surface area contributed by atoms with Gasteiger partial charge in [0.2, 0.25) is 5.91 Å². The third kappa shape index (κ3) is 5.21. The lowest BCUT2D eigenvalue weighted by atomic mass is 10.0. The third-order valence-electron chi connectivity index (χ3n) is 3.51. The number of hydrogen-bond acceptors (Lipinski definition) is 3. The molecule has 1 aliphatic heterocycles. The molecule has 110 valence electrons. The minimum absolute atomic E-state index is 0.0179. The fraction of sp³-hybridized carbons (Fsp3) is 0.562. The van der Waals surface area contributed by atoms with Crippen LogP contribution in [0.1, 0.15) is 32.1 Å². The lowest BCUT2D eigenvalue weighted by Gasteiger charge is -2.22. The van der Waals surface area contributed by atoms with Gasteiger partial charge in [0.15, 0.2) is 0 Å². The molecule has 1 aliphatic rings. The van der Waals surface area contributed by atoms with Crippen LogP contribution in [0, 0.1) is 0 Å². The van der Waals surface area contributed by atoms with E-state index in [9.17, 15) is 4.79 Å². The summed E-state index contributed by atoms with van der Waals surface area (Å²) in [6, 6.07) is 9.83. The Morgan fingerprint density at radius 3 is 2.85 bits per heavy atom. The monoisotopic (exact) mass is 276 g/mol. The predicted octanol–water partition coefficient (Wildman–Crippen LogP) is 2.10. The number of ether oxygens (including phenoxy) is 1. The first-order valence-electron chi connectivity index (χ1n) is 7.55. The van der Waals surface area contributed by atoms with E-state index in [1.807, 2.05) is 30.3 Å². The van der Waals surface area contributed by atoms with Crippen molar-refractivity contribution in [1.29, 1.82) is 0 Å². The molecule has 1 heterocycles. The van der Waals surface area contributed by atoms with Gasteiger partial charge in [-0.05, 0) is 44.4 Å². The molecule has 2 rings (SSSR count). The Labute approximate surface area is 120 Å². The van der Waals surface area contributed by atoms with E-state index in [0.29, 0.717) is 6.61 Å². The van der Waals surface area contributed by atoms with Crippen molar-refractivity contribution >= 4 is 5.91 Å². The number of piperidine rings is 1. The number of hydrogen-bond donors (Lipinski definition) is 2. The fourth-order valence-corrected chi connectivity index (χ4v) is 2.34. The minimum Gasteiger partial charge on any atom is -0.494 e. The molecular formula is C16H24N2O2. The van der Waals surface area contributed by atoms with E-state index in [1.54, 1.807) is 0 Å². The summed E-state index contributed by atoms with van der Waals surface area (Å²) in [5.74, 6) is 1.05. The Morgan fingerprint density at radius 1 is 1.25 bits per heavy atom. The second-order valence-electron chi connectivity index (χ2n) is 5.16. The summed E-state index contributed by atoms with van der Waals surface area (Å²) < 4.78 is 5.60. The van der Waals surface area contributed by atoms with Crippen LogP contribution in [-0.4, -0.2) is 31.6 Å². The van der Waals surface area contributed by atoms with E-state index in [2.05, 4.69) is 10.6 Å². The van der Waals surface area contributed by atoms with Gasteiger partial charge in [0.05, 0.1) is 12.6 Å². The van der Waals surface area contributed by atoms with Crippen molar-refractivity contribution < 1.29 is 9.53 Å². The summed E-state index contributed by atoms with van der Waals surface area (Å²) in [5.41, 5.74) is 0. The molecule has 0 unspecified atom stereocenters. The number of nitrogens with one attached hydrogen (secondary N) is 2. The Balaban J connectivity index is 1.50. The number of carbonyl (C=O) groups excluding carboxylic acids is 1. The molecule has 1 amide bonds. The largest absolute Gasteiger partial charge is 0.494 e. The van der Waals surface area contributed by atoms with E-state index in [4.69, 9.17) is 4.74 Å². The number of amides is 1. The van der Waals surface area contributed by atoms with Crippen LogP contribution in [0.4, 0.5) is 0 Å². The molecule has 1 atom stereocenters. The highest BCUT2D eigenvalue weighted by Crippen LogP contribution is 2.09. The Hall–Kier alpha value is -1.55. The topological polar surface area (TPSA) is 50.4 Å². The highest BCUT2D eigenvalue weighted by Gasteiger charge is 2.19. The number of unbranched alkanes of at least 4 members (excludes halogenated alkanes) is 1. The van der Waals surface area contributed by atoms with E-state index >= 15 is 0 Å². The molecule has 0 aliphatic carbocycles. The highest BCUT2D eigenvalue weighted by molar-refractivity contribution is 5.81. The molecule has 1 saturated heterocycles. The summed E-state index contributed by atoms with van der Waals surface area (Å²) in [4.78, 5) is 11.8. The quantitative estimate of drug-likeness (QED) is 0.750. The minimum atomic E-state index is 0.0179. The van der Waals surface area contributed by atoms with Crippen LogP contribution in [0.5, 0.6) is 5.75 Å². The van der Waals surface area contributed by atoms with E-state index in [1.165, 1.54) is 6.42 Å². The average Bonchev–Trinajstić information content (AvgIpc) is 2.52. The van der Waals surface area contributed by atoms with Crippen molar-refractivity contribution in [2.24, 2.45) is 0 Å². The zero-order valence-corrected chi connectivity index (χ0v) is 11.9. The van der Waals surface area contributed by atoms with Gasteiger partial charge in [-0.25, -0.2) is 0 Å². The molecule has 1 aromatic carbocycles. The Bertz CT molecular complexity index is 389. The van der Waals surface area contributed by atoms with Crippen LogP contribution in [0.3, 0.4) is 0 Å². The Kier molecular flexibility index (Phi) is 6.38. The predicted molar refractivity (Wildman–Crippen MR) is 79.8 cm³/mol. The number of para-hydroxylation sites is 1. The zero-order chi connectivity index (χ0) is 14.0. The lowest BCUT2D eigenvalue weighted by molar-refractivity contribution is -0.123. The van der Waals surface area contributed by atoms with E-state index in [-0.39, 0.29) is 11.9 Å². The molecule has 0 aromatic heterocycles. The molecule has 0 spiro atoms. The van der Waals surface area contributed by atoms with Gasteiger partial charge in [-0.1, -0.05) is 24.6 Å². The SMILES string of the molecule is O=C(NCCCCOc1ccccc1)[C@H]1CCCCN1. The number of rotatable bonds is 7. The molecule has 20 heavy (non-hydrogen) atoms. The van der Waals surface area contributed by atoms with E-state index in [0.717, 1.165) is 44.5 Å². The van der Waals surface area contributed by atoms with Gasteiger partial charge in [0.1, 0.15) is 5.75 Å². The maximum Gasteiger partial charge on any atom is 0.237 e. The normalized spacial score (nSPS) is 18.5. The maximum atomic E-state index is 11.8. The van der Waals surface area contributed by atoms with Crippen molar-refractivity contribution in [3.63, 3.8) is 0 Å². The molecule has 0 bridgehead atoms. The summed E-state index contributed by atoms with van der Waals surface area (Å²) >= 11 is 0. The van der Waals surface area contributed by atoms with Gasteiger partial charge in [-0.2, -0.15) is 0 Å². The standard InChI is InChI=1S/C16H24N2O2/c19-16(15-10-4-5-11-17-15)18-12-6-7-13-20-14-8-2-1-3-9-14/h1-3,8-9,15,17H,4-7,10-13H2,(H,18,19)/t15-/m1/s1. The first-order chi connectivity index (χ1) is 9.86. The van der Waals surface area contributed by atoms with Crippen molar-refractivity contribution in [2.75, 3.05) is 19.7 Å². The van der Waals surface area contributed by atoms with Gasteiger partial charge < -0.3 is 15.4 Å². The average molecular weight is 276 g/mol. The van der Waals surface area contributed by atoms with Crippen LogP contribution in [0.2, 0.25) is 0 Å². The number of carbonyl (C=O) groups is 1. The summed E-state index contributed by atoms with van der Waals surface area (Å²) in [5, 5.41) is 6.25. The highest BCUT2D eigenvalue weighted by atomic mass is 16.5. The molecule has 4 nitrogen and oxygen atoms in total. The van der Waals surface area contributed by atoms with Gasteiger partial charge in [-0.15, -0.1) is 0 Å². The molecule has 1 fully saturated rings. The molecular weight excluding hydrogens is 252 g/mol. The van der Waals surface area contributed by atoms with Gasteiger partial charge in [-0.3, -0.25) is 4.79 Å². The van der Waals surface area contributed by atoms with Crippen LogP contribution >= 0.6 is 0 Å². The van der Waals surface area contributed by atoms with Gasteiger partial charge in [0, 0.05) is 6.54 Å². The van der Waals surface area contributed by atoms with Gasteiger partial charge >= 0.3 is 0 Å². The molecule has 0 saturated carbocycles. The molecule has 0 radical (unpaired) electrons. The van der Waals surface area contributed by atoms with Crippen molar-refractivity contribution in [3.05, 3.63) is 30.3 Å². The van der Waals surface area contributed by atoms with Crippen LogP contribution in [-0.2, 0) is 4.79 Å². The van der Waals surface area contributed by atoms with Crippen LogP contribution < -0.4 is 15.4 Å².